The van der Waals surface area contributed by atoms with Crippen LogP contribution in [-0.4, -0.2) is 42.3 Å². The molecule has 3 rings (SSSR count). The third kappa shape index (κ3) is 6.83. The molecule has 0 saturated heterocycles. The van der Waals surface area contributed by atoms with Gasteiger partial charge in [-0.15, -0.1) is 0 Å². The average molecular weight is 467 g/mol. The molecule has 3 N–H and O–H groups in total. The minimum absolute atomic E-state index is 0.00982. The van der Waals surface area contributed by atoms with Crippen LogP contribution in [0.4, 0.5) is 4.79 Å². The normalized spacial score (nSPS) is 13.9. The van der Waals surface area contributed by atoms with Gasteiger partial charge < -0.3 is 20.5 Å². The summed E-state index contributed by atoms with van der Waals surface area (Å²) in [6, 6.07) is 15.9. The number of amides is 2. The number of hydrogen-bond acceptors (Lipinski definition) is 4. The Bertz CT molecular complexity index is 961. The standard InChI is InChI=1S/C27H34N2O5/c1-3-19(12-13-26(31)32)14-15-28-25(30)16-18(2)29-27(33)34-17-24-22-10-6-4-8-20(22)21-9-5-7-11-23(21)24/h4-11,18-19,24H,3,12-17H2,1-2H3,(H,28,30)(H,29,33)(H,31,32)/t18-,19?/m0/s1. The number of carbonyl (C=O) groups excluding carboxylic acids is 2. The first kappa shape index (κ1) is 25.3. The van der Waals surface area contributed by atoms with Crippen molar-refractivity contribution in [3.63, 3.8) is 0 Å². The number of carboxylic acid groups (broad SMARTS) is 1. The predicted molar refractivity (Wildman–Crippen MR) is 131 cm³/mol. The van der Waals surface area contributed by atoms with E-state index in [-0.39, 0.29) is 43.2 Å². The number of carboxylic acids is 1. The number of ether oxygens (including phenoxy) is 1. The van der Waals surface area contributed by atoms with Crippen molar-refractivity contribution in [2.75, 3.05) is 13.2 Å². The summed E-state index contributed by atoms with van der Waals surface area (Å²) in [4.78, 5) is 35.3. The van der Waals surface area contributed by atoms with Crippen LogP contribution in [0.15, 0.2) is 48.5 Å². The summed E-state index contributed by atoms with van der Waals surface area (Å²) in [5.41, 5.74) is 4.64. The number of hydrogen-bond donors (Lipinski definition) is 3. The molecule has 0 aliphatic heterocycles. The first-order valence-corrected chi connectivity index (χ1v) is 12.0. The molecule has 0 aromatic heterocycles. The van der Waals surface area contributed by atoms with E-state index in [0.717, 1.165) is 24.0 Å². The summed E-state index contributed by atoms with van der Waals surface area (Å²) in [7, 11) is 0. The Kier molecular flexibility index (Phi) is 9.08. The summed E-state index contributed by atoms with van der Waals surface area (Å²) in [6.45, 7) is 4.51. The van der Waals surface area contributed by atoms with Gasteiger partial charge in [-0.1, -0.05) is 61.9 Å². The minimum atomic E-state index is -0.796. The number of carbonyl (C=O) groups is 3. The Morgan fingerprint density at radius 1 is 1.00 bits per heavy atom. The van der Waals surface area contributed by atoms with E-state index in [0.29, 0.717) is 13.0 Å². The summed E-state index contributed by atoms with van der Waals surface area (Å²) < 4.78 is 5.54. The molecule has 1 aliphatic rings. The summed E-state index contributed by atoms with van der Waals surface area (Å²) >= 11 is 0. The van der Waals surface area contributed by atoms with Crippen molar-refractivity contribution in [1.82, 2.24) is 10.6 Å². The Labute approximate surface area is 200 Å². The third-order valence-corrected chi connectivity index (χ3v) is 6.42. The number of rotatable bonds is 12. The van der Waals surface area contributed by atoms with E-state index in [9.17, 15) is 14.4 Å². The van der Waals surface area contributed by atoms with E-state index < -0.39 is 12.1 Å². The van der Waals surface area contributed by atoms with E-state index in [2.05, 4.69) is 34.9 Å². The van der Waals surface area contributed by atoms with Crippen LogP contribution in [-0.2, 0) is 14.3 Å². The zero-order valence-corrected chi connectivity index (χ0v) is 19.9. The van der Waals surface area contributed by atoms with Crippen LogP contribution in [0.5, 0.6) is 0 Å². The van der Waals surface area contributed by atoms with Crippen LogP contribution in [0.25, 0.3) is 11.1 Å². The van der Waals surface area contributed by atoms with Crippen LogP contribution in [0, 0.1) is 5.92 Å². The first-order chi connectivity index (χ1) is 16.4. The smallest absolute Gasteiger partial charge is 0.407 e. The van der Waals surface area contributed by atoms with Crippen LogP contribution >= 0.6 is 0 Å². The second-order valence-electron chi connectivity index (χ2n) is 8.92. The number of fused-ring (bicyclic) bond motifs is 3. The molecule has 182 valence electrons. The minimum Gasteiger partial charge on any atom is -0.481 e. The Balaban J connectivity index is 1.41. The quantitative estimate of drug-likeness (QED) is 0.421. The van der Waals surface area contributed by atoms with Crippen molar-refractivity contribution in [3.05, 3.63) is 59.7 Å². The van der Waals surface area contributed by atoms with Crippen LogP contribution in [0.1, 0.15) is 63.0 Å². The van der Waals surface area contributed by atoms with Crippen molar-refractivity contribution in [3.8, 4) is 11.1 Å². The Morgan fingerprint density at radius 3 is 2.21 bits per heavy atom. The summed E-state index contributed by atoms with van der Waals surface area (Å²) in [5, 5.41) is 14.4. The van der Waals surface area contributed by atoms with Gasteiger partial charge >= 0.3 is 12.1 Å². The molecule has 0 saturated carbocycles. The third-order valence-electron chi connectivity index (χ3n) is 6.42. The second kappa shape index (κ2) is 12.2. The van der Waals surface area contributed by atoms with E-state index in [4.69, 9.17) is 9.84 Å². The van der Waals surface area contributed by atoms with Crippen molar-refractivity contribution in [2.24, 2.45) is 5.92 Å². The van der Waals surface area contributed by atoms with Gasteiger partial charge in [0, 0.05) is 31.3 Å². The van der Waals surface area contributed by atoms with Gasteiger partial charge in [0.05, 0.1) is 0 Å². The molecule has 34 heavy (non-hydrogen) atoms. The Morgan fingerprint density at radius 2 is 1.62 bits per heavy atom. The van der Waals surface area contributed by atoms with Crippen LogP contribution in [0.2, 0.25) is 0 Å². The number of aliphatic carboxylic acids is 1. The lowest BCUT2D eigenvalue weighted by Crippen LogP contribution is -2.38. The SMILES string of the molecule is CCC(CCNC(=O)C[C@H](C)NC(=O)OCC1c2ccccc2-c2ccccc21)CCC(=O)O. The monoisotopic (exact) mass is 466 g/mol. The van der Waals surface area contributed by atoms with Crippen molar-refractivity contribution in [1.29, 1.82) is 0 Å². The fourth-order valence-corrected chi connectivity index (χ4v) is 4.54. The van der Waals surface area contributed by atoms with Gasteiger partial charge in [0.25, 0.3) is 0 Å². The van der Waals surface area contributed by atoms with Gasteiger partial charge in [-0.2, -0.15) is 0 Å². The molecule has 1 aliphatic carbocycles. The van der Waals surface area contributed by atoms with E-state index in [1.165, 1.54) is 11.1 Å². The molecule has 0 heterocycles. The highest BCUT2D eigenvalue weighted by Gasteiger charge is 2.29. The Hall–Kier alpha value is -3.35. The van der Waals surface area contributed by atoms with Crippen LogP contribution in [0.3, 0.4) is 0 Å². The van der Waals surface area contributed by atoms with Gasteiger partial charge in [-0.3, -0.25) is 9.59 Å². The molecule has 2 amide bonds. The maximum absolute atomic E-state index is 12.4. The fourth-order valence-electron chi connectivity index (χ4n) is 4.54. The lowest BCUT2D eigenvalue weighted by Gasteiger charge is -2.18. The molecule has 2 aromatic rings. The topological polar surface area (TPSA) is 105 Å². The van der Waals surface area contributed by atoms with Crippen molar-refractivity contribution < 1.29 is 24.2 Å². The first-order valence-electron chi connectivity index (χ1n) is 12.0. The maximum atomic E-state index is 12.4. The van der Waals surface area contributed by atoms with Gasteiger partial charge in [-0.05, 0) is 47.9 Å². The predicted octanol–water partition coefficient (Wildman–Crippen LogP) is 4.70. The van der Waals surface area contributed by atoms with Crippen molar-refractivity contribution in [2.45, 2.75) is 57.9 Å². The fraction of sp³-hybridized carbons (Fsp3) is 0.444. The molecule has 7 nitrogen and oxygen atoms in total. The highest BCUT2D eigenvalue weighted by Crippen LogP contribution is 2.44. The molecule has 0 bridgehead atoms. The lowest BCUT2D eigenvalue weighted by molar-refractivity contribution is -0.137. The largest absolute Gasteiger partial charge is 0.481 e. The second-order valence-corrected chi connectivity index (χ2v) is 8.92. The zero-order valence-electron chi connectivity index (χ0n) is 19.9. The highest BCUT2D eigenvalue weighted by molar-refractivity contribution is 5.79. The van der Waals surface area contributed by atoms with Gasteiger partial charge in [0.15, 0.2) is 0 Å². The van der Waals surface area contributed by atoms with Gasteiger partial charge in [0.1, 0.15) is 6.61 Å². The van der Waals surface area contributed by atoms with Gasteiger partial charge in [0.2, 0.25) is 5.91 Å². The number of alkyl carbamates (subject to hydrolysis) is 1. The molecule has 0 fully saturated rings. The molecule has 0 radical (unpaired) electrons. The molecule has 1 unspecified atom stereocenters. The lowest BCUT2D eigenvalue weighted by atomic mass is 9.96. The molecular weight excluding hydrogens is 432 g/mol. The summed E-state index contributed by atoms with van der Waals surface area (Å²) in [6.07, 6.45) is 1.99. The molecule has 2 atom stereocenters. The molecule has 2 aromatic carbocycles. The van der Waals surface area contributed by atoms with E-state index >= 15 is 0 Å². The number of benzene rings is 2. The molecular formula is C27H34N2O5. The van der Waals surface area contributed by atoms with Gasteiger partial charge in [-0.25, -0.2) is 4.79 Å². The highest BCUT2D eigenvalue weighted by atomic mass is 16.5. The van der Waals surface area contributed by atoms with Crippen LogP contribution < -0.4 is 10.6 Å². The molecule has 7 heteroatoms. The van der Waals surface area contributed by atoms with E-state index in [1.807, 2.05) is 31.2 Å². The number of nitrogens with one attached hydrogen (secondary N) is 2. The zero-order chi connectivity index (χ0) is 24.5. The van der Waals surface area contributed by atoms with E-state index in [1.54, 1.807) is 6.92 Å². The summed E-state index contributed by atoms with van der Waals surface area (Å²) in [5.74, 6) is -0.688. The maximum Gasteiger partial charge on any atom is 0.407 e. The molecule has 0 spiro atoms. The van der Waals surface area contributed by atoms with Crippen molar-refractivity contribution >= 4 is 18.0 Å². The average Bonchev–Trinajstić information content (AvgIpc) is 3.13.